The van der Waals surface area contributed by atoms with Crippen LogP contribution in [0.5, 0.6) is 5.75 Å². The first kappa shape index (κ1) is 11.3. The van der Waals surface area contributed by atoms with E-state index in [1.54, 1.807) is 6.08 Å². The second-order valence-corrected chi connectivity index (χ2v) is 3.47. The van der Waals surface area contributed by atoms with Gasteiger partial charge in [-0.05, 0) is 37.6 Å². The maximum atomic E-state index is 10.5. The Morgan fingerprint density at radius 3 is 2.80 bits per heavy atom. The molecule has 15 heavy (non-hydrogen) atoms. The van der Waals surface area contributed by atoms with Gasteiger partial charge < -0.3 is 10.5 Å². The fourth-order valence-corrected chi connectivity index (χ4v) is 1.14. The molecule has 2 N–H and O–H groups in total. The van der Waals surface area contributed by atoms with Gasteiger partial charge in [0.25, 0.3) is 0 Å². The molecule has 0 saturated carbocycles. The molecule has 1 amide bonds. The average Bonchev–Trinajstić information content (AvgIpc) is 2.14. The van der Waals surface area contributed by atoms with Crippen molar-refractivity contribution >= 4 is 12.0 Å². The third-order valence-electron chi connectivity index (χ3n) is 1.67. The Kier molecular flexibility index (Phi) is 3.92. The van der Waals surface area contributed by atoms with Crippen LogP contribution in [-0.4, -0.2) is 12.0 Å². The second kappa shape index (κ2) is 5.20. The summed E-state index contributed by atoms with van der Waals surface area (Å²) in [7, 11) is 0. The molecule has 1 rings (SSSR count). The molecule has 1 aromatic carbocycles. The van der Waals surface area contributed by atoms with E-state index in [0.29, 0.717) is 0 Å². The minimum absolute atomic E-state index is 0.139. The quantitative estimate of drug-likeness (QED) is 0.764. The molecule has 3 heteroatoms. The Balaban J connectivity index is 2.78. The lowest BCUT2D eigenvalue weighted by molar-refractivity contribution is -0.113. The Bertz CT molecular complexity index is 370. The van der Waals surface area contributed by atoms with E-state index in [-0.39, 0.29) is 6.10 Å². The average molecular weight is 205 g/mol. The highest BCUT2D eigenvalue weighted by molar-refractivity contribution is 5.90. The number of ether oxygens (including phenoxy) is 1. The lowest BCUT2D eigenvalue weighted by atomic mass is 10.2. The van der Waals surface area contributed by atoms with Crippen LogP contribution in [0.1, 0.15) is 19.4 Å². The minimum Gasteiger partial charge on any atom is -0.491 e. The molecule has 80 valence electrons. The molecule has 0 aliphatic carbocycles. The van der Waals surface area contributed by atoms with Crippen molar-refractivity contribution in [2.75, 3.05) is 0 Å². The van der Waals surface area contributed by atoms with E-state index >= 15 is 0 Å². The van der Waals surface area contributed by atoms with Gasteiger partial charge in [0.05, 0.1) is 6.10 Å². The number of nitrogens with two attached hydrogens (primary N) is 1. The first-order valence-electron chi connectivity index (χ1n) is 4.82. The topological polar surface area (TPSA) is 52.3 Å². The number of hydrogen-bond acceptors (Lipinski definition) is 2. The van der Waals surface area contributed by atoms with Crippen LogP contribution in [0.15, 0.2) is 30.3 Å². The zero-order valence-electron chi connectivity index (χ0n) is 8.94. The fraction of sp³-hybridized carbons (Fsp3) is 0.250. The first-order chi connectivity index (χ1) is 7.08. The highest BCUT2D eigenvalue weighted by atomic mass is 16.5. The molecule has 0 fully saturated rings. The molecule has 0 aromatic heterocycles. The van der Waals surface area contributed by atoms with E-state index in [1.165, 1.54) is 6.08 Å². The molecule has 0 spiro atoms. The van der Waals surface area contributed by atoms with Gasteiger partial charge in [-0.15, -0.1) is 0 Å². The number of rotatable bonds is 4. The van der Waals surface area contributed by atoms with Crippen LogP contribution in [0.3, 0.4) is 0 Å². The van der Waals surface area contributed by atoms with Gasteiger partial charge in [-0.3, -0.25) is 4.79 Å². The van der Waals surface area contributed by atoms with Gasteiger partial charge in [0.15, 0.2) is 0 Å². The van der Waals surface area contributed by atoms with Gasteiger partial charge in [-0.25, -0.2) is 0 Å². The van der Waals surface area contributed by atoms with Crippen molar-refractivity contribution in [1.82, 2.24) is 0 Å². The van der Waals surface area contributed by atoms with Gasteiger partial charge in [-0.1, -0.05) is 12.1 Å². The molecule has 0 saturated heterocycles. The number of carbonyl (C=O) groups excluding carboxylic acids is 1. The molecule has 0 unspecified atom stereocenters. The maximum absolute atomic E-state index is 10.5. The monoisotopic (exact) mass is 205 g/mol. The SMILES string of the molecule is CC(C)Oc1cccc(/C=C\C(N)=O)c1. The standard InChI is InChI=1S/C12H15NO2/c1-9(2)15-11-5-3-4-10(8-11)6-7-12(13)14/h3-9H,1-2H3,(H2,13,14)/b7-6-. The number of hydrogen-bond donors (Lipinski definition) is 1. The molecular formula is C12H15NO2. The predicted octanol–water partition coefficient (Wildman–Crippen LogP) is 1.97. The Labute approximate surface area is 89.5 Å². The molecule has 0 atom stereocenters. The van der Waals surface area contributed by atoms with Crippen LogP contribution >= 0.6 is 0 Å². The summed E-state index contributed by atoms with van der Waals surface area (Å²) in [5.41, 5.74) is 5.90. The lowest BCUT2D eigenvalue weighted by Crippen LogP contribution is -2.06. The maximum Gasteiger partial charge on any atom is 0.241 e. The summed E-state index contributed by atoms with van der Waals surface area (Å²) in [6, 6.07) is 7.49. The summed E-state index contributed by atoms with van der Waals surface area (Å²) in [6.45, 7) is 3.93. The zero-order chi connectivity index (χ0) is 11.3. The molecule has 3 nitrogen and oxygen atoms in total. The molecule has 0 heterocycles. The van der Waals surface area contributed by atoms with Crippen LogP contribution < -0.4 is 10.5 Å². The molecular weight excluding hydrogens is 190 g/mol. The van der Waals surface area contributed by atoms with Crippen molar-refractivity contribution in [2.45, 2.75) is 20.0 Å². The normalized spacial score (nSPS) is 10.9. The minimum atomic E-state index is -0.454. The van der Waals surface area contributed by atoms with Crippen molar-refractivity contribution < 1.29 is 9.53 Å². The van der Waals surface area contributed by atoms with Crippen LogP contribution in [0.25, 0.3) is 6.08 Å². The van der Waals surface area contributed by atoms with Crippen molar-refractivity contribution in [3.8, 4) is 5.75 Å². The van der Waals surface area contributed by atoms with Crippen LogP contribution in [0, 0.1) is 0 Å². The lowest BCUT2D eigenvalue weighted by Gasteiger charge is -2.09. The van der Waals surface area contributed by atoms with Crippen LogP contribution in [0.4, 0.5) is 0 Å². The predicted molar refractivity (Wildman–Crippen MR) is 60.4 cm³/mol. The van der Waals surface area contributed by atoms with E-state index in [1.807, 2.05) is 38.1 Å². The molecule has 0 aliphatic rings. The summed E-state index contributed by atoms with van der Waals surface area (Å²) in [4.78, 5) is 10.5. The first-order valence-corrected chi connectivity index (χ1v) is 4.82. The molecule has 0 aliphatic heterocycles. The van der Waals surface area contributed by atoms with Crippen molar-refractivity contribution in [3.05, 3.63) is 35.9 Å². The van der Waals surface area contributed by atoms with Gasteiger partial charge >= 0.3 is 0 Å². The van der Waals surface area contributed by atoms with Crippen LogP contribution in [-0.2, 0) is 4.79 Å². The zero-order valence-corrected chi connectivity index (χ0v) is 8.94. The highest BCUT2D eigenvalue weighted by Gasteiger charge is 1.97. The van der Waals surface area contributed by atoms with Gasteiger partial charge in [0.2, 0.25) is 5.91 Å². The van der Waals surface area contributed by atoms with Gasteiger partial charge in [-0.2, -0.15) is 0 Å². The summed E-state index contributed by atoms with van der Waals surface area (Å²) in [5, 5.41) is 0. The van der Waals surface area contributed by atoms with E-state index in [2.05, 4.69) is 0 Å². The van der Waals surface area contributed by atoms with E-state index in [0.717, 1.165) is 11.3 Å². The smallest absolute Gasteiger partial charge is 0.241 e. The van der Waals surface area contributed by atoms with Gasteiger partial charge in [0.1, 0.15) is 5.75 Å². The Morgan fingerprint density at radius 1 is 1.47 bits per heavy atom. The number of carbonyl (C=O) groups is 1. The third-order valence-corrected chi connectivity index (χ3v) is 1.67. The van der Waals surface area contributed by atoms with E-state index < -0.39 is 5.91 Å². The fourth-order valence-electron chi connectivity index (χ4n) is 1.14. The summed E-state index contributed by atoms with van der Waals surface area (Å²) in [6.07, 6.45) is 3.13. The van der Waals surface area contributed by atoms with Crippen LogP contribution in [0.2, 0.25) is 0 Å². The molecule has 0 bridgehead atoms. The van der Waals surface area contributed by atoms with Crippen molar-refractivity contribution in [2.24, 2.45) is 5.73 Å². The largest absolute Gasteiger partial charge is 0.491 e. The van der Waals surface area contributed by atoms with E-state index in [9.17, 15) is 4.79 Å². The van der Waals surface area contributed by atoms with Crippen molar-refractivity contribution in [3.63, 3.8) is 0 Å². The summed E-state index contributed by atoms with van der Waals surface area (Å²) >= 11 is 0. The Hall–Kier alpha value is -1.77. The van der Waals surface area contributed by atoms with E-state index in [4.69, 9.17) is 10.5 Å². The number of benzene rings is 1. The highest BCUT2D eigenvalue weighted by Crippen LogP contribution is 2.15. The Morgan fingerprint density at radius 2 is 2.20 bits per heavy atom. The number of primary amides is 1. The summed E-state index contributed by atoms with van der Waals surface area (Å²) < 4.78 is 5.51. The second-order valence-electron chi connectivity index (χ2n) is 3.47. The van der Waals surface area contributed by atoms with Crippen molar-refractivity contribution in [1.29, 1.82) is 0 Å². The summed E-state index contributed by atoms with van der Waals surface area (Å²) in [5.74, 6) is 0.335. The number of amides is 1. The third kappa shape index (κ3) is 4.31. The van der Waals surface area contributed by atoms with Gasteiger partial charge in [0, 0.05) is 6.08 Å². The molecule has 0 radical (unpaired) electrons. The molecule has 1 aromatic rings.